The van der Waals surface area contributed by atoms with Gasteiger partial charge in [0.1, 0.15) is 0 Å². The van der Waals surface area contributed by atoms with Gasteiger partial charge < -0.3 is 20.4 Å². The number of ketones is 1. The third-order valence-corrected chi connectivity index (χ3v) is 1.36. The highest BCUT2D eigenvalue weighted by molar-refractivity contribution is 6.32. The number of hydrogen-bond donors (Lipinski definition) is 4. The third-order valence-electron chi connectivity index (χ3n) is 1.36. The van der Waals surface area contributed by atoms with E-state index in [2.05, 4.69) is 0 Å². The van der Waals surface area contributed by atoms with Crippen molar-refractivity contribution in [1.29, 1.82) is 0 Å². The summed E-state index contributed by atoms with van der Waals surface area (Å²) in [4.78, 5) is 65.3. The van der Waals surface area contributed by atoms with Gasteiger partial charge in [-0.1, -0.05) is 0 Å². The second kappa shape index (κ2) is 15.0. The number of rotatable bonds is 7. The van der Waals surface area contributed by atoms with Crippen LogP contribution >= 0.6 is 0 Å². The Hall–Kier alpha value is -3.07. The predicted molar refractivity (Wildman–Crippen MR) is 59.0 cm³/mol. The van der Waals surface area contributed by atoms with Gasteiger partial charge in [-0.25, -0.2) is 4.79 Å². The lowest BCUT2D eigenvalue weighted by atomic mass is 10.2. The van der Waals surface area contributed by atoms with Gasteiger partial charge in [0, 0.05) is 6.42 Å². The Bertz CT molecular complexity index is 403. The second-order valence-corrected chi connectivity index (χ2v) is 2.99. The Morgan fingerprint density at radius 3 is 1.05 bits per heavy atom. The van der Waals surface area contributed by atoms with Gasteiger partial charge in [0.05, 0.1) is 19.3 Å². The maximum Gasteiger partial charge on any atom is 0.373 e. The molecule has 11 heteroatoms. The molecule has 21 heavy (non-hydrogen) atoms. The average Bonchev–Trinajstić information content (AvgIpc) is 2.35. The standard InChI is InChI=1S/C5H6O5.C4H6O4.CO2/c6-3(5(9)10)1-2-4(7)8;5-3(6)1-2-4(7)8;2-1-3/h1-2H2,(H,7,8)(H,9,10);1-2H2,(H,5,6)(H,7,8);/i;;1+2. The smallest absolute Gasteiger partial charge is 0.373 e. The monoisotopic (exact) mass is 310 g/mol. The van der Waals surface area contributed by atoms with Crippen LogP contribution in [0.25, 0.3) is 0 Å². The quantitative estimate of drug-likeness (QED) is 0.414. The van der Waals surface area contributed by atoms with Crippen molar-refractivity contribution in [3.8, 4) is 0 Å². The van der Waals surface area contributed by atoms with E-state index in [0.29, 0.717) is 0 Å². The lowest BCUT2D eigenvalue weighted by molar-refractivity contribution is -0.191. The Labute approximate surface area is 116 Å². The zero-order chi connectivity index (χ0) is 17.4. The highest BCUT2D eigenvalue weighted by Crippen LogP contribution is 1.90. The van der Waals surface area contributed by atoms with Crippen molar-refractivity contribution >= 4 is 35.8 Å². The summed E-state index contributed by atoms with van der Waals surface area (Å²) in [5.41, 5.74) is 0. The summed E-state index contributed by atoms with van der Waals surface area (Å²) in [6, 6.07) is 0. The molecular formula is C10H12O11. The van der Waals surface area contributed by atoms with Gasteiger partial charge in [-0.15, -0.1) is 0 Å². The normalized spacial score (nSPS) is 7.81. The summed E-state index contributed by atoms with van der Waals surface area (Å²) < 4.78 is 0. The summed E-state index contributed by atoms with van der Waals surface area (Å²) >= 11 is 0. The average molecular weight is 310 g/mol. The Kier molecular flexibility index (Phi) is 16.5. The first kappa shape index (κ1) is 23.1. The van der Waals surface area contributed by atoms with E-state index in [9.17, 15) is 24.0 Å². The Morgan fingerprint density at radius 2 is 0.857 bits per heavy atom. The zero-order valence-corrected chi connectivity index (χ0v) is 10.5. The minimum absolute atomic E-state index is 0.250. The van der Waals surface area contributed by atoms with Crippen molar-refractivity contribution in [3.63, 3.8) is 0 Å². The number of aliphatic carboxylic acids is 4. The number of Topliss-reactive ketones (excluding diaryl/α,β-unsaturated/α-hetero) is 1. The Morgan fingerprint density at radius 1 is 0.619 bits per heavy atom. The molecule has 0 radical (unpaired) electrons. The molecule has 0 amide bonds. The van der Waals surface area contributed by atoms with Gasteiger partial charge in [0.15, 0.2) is 0 Å². The van der Waals surface area contributed by atoms with E-state index >= 15 is 0 Å². The van der Waals surface area contributed by atoms with E-state index in [0.717, 1.165) is 0 Å². The van der Waals surface area contributed by atoms with Gasteiger partial charge in [0.25, 0.3) is 0 Å². The molecule has 0 aliphatic carbocycles. The maximum absolute atomic E-state index is 10.2. The lowest BCUT2D eigenvalue weighted by Crippen LogP contribution is -2.13. The van der Waals surface area contributed by atoms with Crippen LogP contribution in [0.3, 0.4) is 0 Å². The van der Waals surface area contributed by atoms with E-state index < -0.39 is 42.5 Å². The molecule has 0 spiro atoms. The van der Waals surface area contributed by atoms with Crippen molar-refractivity contribution < 1.29 is 54.0 Å². The second-order valence-electron chi connectivity index (χ2n) is 2.99. The third kappa shape index (κ3) is 31.6. The number of carbonyl (C=O) groups is 5. The summed E-state index contributed by atoms with van der Waals surface area (Å²) in [7, 11) is 0. The van der Waals surface area contributed by atoms with Crippen molar-refractivity contribution in [2.45, 2.75) is 25.7 Å². The summed E-state index contributed by atoms with van der Waals surface area (Å²) in [6.07, 6.45) is -1.21. The largest absolute Gasteiger partial charge is 0.481 e. The first-order valence-corrected chi connectivity index (χ1v) is 4.99. The van der Waals surface area contributed by atoms with Gasteiger partial charge in [0.2, 0.25) is 5.78 Å². The molecule has 0 heterocycles. The van der Waals surface area contributed by atoms with Crippen LogP contribution in [-0.4, -0.2) is 56.2 Å². The first-order valence-electron chi connectivity index (χ1n) is 4.99. The number of hydrogen-bond acceptors (Lipinski definition) is 7. The maximum atomic E-state index is 10.2. The SMILES string of the molecule is O=C(O)CCC(=O)C(=O)O.O=C(O)CCC(=O)O.O=[14C]=O. The first-order chi connectivity index (χ1) is 9.58. The molecule has 118 valence electrons. The molecule has 0 fully saturated rings. The van der Waals surface area contributed by atoms with Crippen LogP contribution in [0, 0.1) is 0 Å². The molecule has 4 N–H and O–H groups in total. The molecule has 0 rings (SSSR count). The van der Waals surface area contributed by atoms with Crippen LogP contribution in [0.15, 0.2) is 0 Å². The molecule has 0 aromatic carbocycles. The Balaban J connectivity index is -0.000000264. The molecule has 0 saturated heterocycles. The fraction of sp³-hybridized carbons (Fsp3) is 0.400. The highest BCUT2D eigenvalue weighted by atomic mass is 16.4. The molecule has 0 aliphatic rings. The van der Waals surface area contributed by atoms with E-state index in [1.807, 2.05) is 0 Å². The minimum Gasteiger partial charge on any atom is -0.481 e. The summed E-state index contributed by atoms with van der Waals surface area (Å²) in [5, 5.41) is 31.7. The van der Waals surface area contributed by atoms with E-state index in [1.165, 1.54) is 0 Å². The van der Waals surface area contributed by atoms with Crippen molar-refractivity contribution in [2.24, 2.45) is 0 Å². The number of carboxylic acids is 4. The van der Waals surface area contributed by atoms with Gasteiger partial charge in [-0.2, -0.15) is 9.59 Å². The number of carboxylic acid groups (broad SMARTS) is 4. The molecule has 0 atom stereocenters. The summed E-state index contributed by atoms with van der Waals surface area (Å²) in [6.45, 7) is 0. The lowest BCUT2D eigenvalue weighted by Gasteiger charge is -1.88. The molecule has 0 aromatic rings. The zero-order valence-electron chi connectivity index (χ0n) is 10.5. The molecule has 0 saturated carbocycles. The molecule has 0 aliphatic heterocycles. The predicted octanol–water partition coefficient (Wildman–Crippen LogP) is -1.14. The van der Waals surface area contributed by atoms with Crippen molar-refractivity contribution in [1.82, 2.24) is 0 Å². The topological polar surface area (TPSA) is 200 Å². The van der Waals surface area contributed by atoms with Crippen molar-refractivity contribution in [3.05, 3.63) is 0 Å². The van der Waals surface area contributed by atoms with Crippen LogP contribution < -0.4 is 0 Å². The van der Waals surface area contributed by atoms with E-state index in [1.54, 1.807) is 0 Å². The van der Waals surface area contributed by atoms with Crippen molar-refractivity contribution in [2.75, 3.05) is 0 Å². The van der Waals surface area contributed by atoms with E-state index in [4.69, 9.17) is 30.0 Å². The van der Waals surface area contributed by atoms with Crippen LogP contribution in [-0.2, 0) is 33.6 Å². The molecule has 0 unspecified atom stereocenters. The molecule has 0 aromatic heterocycles. The minimum atomic E-state index is -1.58. The van der Waals surface area contributed by atoms with E-state index in [-0.39, 0.29) is 19.0 Å². The fourth-order valence-corrected chi connectivity index (χ4v) is 0.541. The fourth-order valence-electron chi connectivity index (χ4n) is 0.541. The molecular weight excluding hydrogens is 298 g/mol. The van der Waals surface area contributed by atoms with Crippen LogP contribution in [0.1, 0.15) is 25.7 Å². The van der Waals surface area contributed by atoms with Crippen LogP contribution in [0.5, 0.6) is 0 Å². The highest BCUT2D eigenvalue weighted by Gasteiger charge is 2.12. The van der Waals surface area contributed by atoms with Gasteiger partial charge in [-0.05, 0) is 0 Å². The summed E-state index contributed by atoms with van der Waals surface area (Å²) in [5.74, 6) is -5.97. The van der Waals surface area contributed by atoms with Crippen LogP contribution in [0.4, 0.5) is 0 Å². The molecule has 11 nitrogen and oxygen atoms in total. The molecule has 0 bridgehead atoms. The van der Waals surface area contributed by atoms with Gasteiger partial charge in [-0.3, -0.25) is 19.2 Å². The van der Waals surface area contributed by atoms with Gasteiger partial charge >= 0.3 is 30.0 Å². The van der Waals surface area contributed by atoms with Crippen LogP contribution in [0.2, 0.25) is 0 Å². The number of carbonyl (C=O) groups excluding carboxylic acids is 3.